The Morgan fingerprint density at radius 1 is 1.16 bits per heavy atom. The van der Waals surface area contributed by atoms with E-state index in [0.717, 1.165) is 6.42 Å². The van der Waals surface area contributed by atoms with Crippen LogP contribution in [0.3, 0.4) is 0 Å². The van der Waals surface area contributed by atoms with Crippen molar-refractivity contribution < 1.29 is 9.47 Å². The number of aromatic nitrogens is 2. The first-order chi connectivity index (χ1) is 9.28. The Morgan fingerprint density at radius 2 is 1.95 bits per heavy atom. The molecule has 1 heterocycles. The lowest BCUT2D eigenvalue weighted by Crippen LogP contribution is -2.04. The van der Waals surface area contributed by atoms with E-state index in [2.05, 4.69) is 16.9 Å². The van der Waals surface area contributed by atoms with Gasteiger partial charge in [0, 0.05) is 18.9 Å². The van der Waals surface area contributed by atoms with Crippen LogP contribution in [0.25, 0.3) is 0 Å². The zero-order chi connectivity index (χ0) is 13.7. The number of aryl methyl sites for hydroxylation is 1. The lowest BCUT2D eigenvalue weighted by Gasteiger charge is -2.12. The van der Waals surface area contributed by atoms with Crippen LogP contribution in [0.2, 0.25) is 0 Å². The SMILES string of the molecule is CCc1ccc(Oc2nccnc2CN)c(OC)c1. The summed E-state index contributed by atoms with van der Waals surface area (Å²) in [6.45, 7) is 2.36. The number of ether oxygens (including phenoxy) is 2. The Bertz CT molecular complexity index is 558. The molecule has 0 saturated carbocycles. The fourth-order valence-corrected chi connectivity index (χ4v) is 1.70. The molecule has 0 aliphatic rings. The Kier molecular flexibility index (Phi) is 4.30. The van der Waals surface area contributed by atoms with Gasteiger partial charge in [-0.2, -0.15) is 0 Å². The lowest BCUT2D eigenvalue weighted by atomic mass is 10.1. The average Bonchev–Trinajstić information content (AvgIpc) is 2.48. The maximum atomic E-state index is 5.74. The fourth-order valence-electron chi connectivity index (χ4n) is 1.70. The fraction of sp³-hybridized carbons (Fsp3) is 0.286. The van der Waals surface area contributed by atoms with Crippen molar-refractivity contribution in [1.29, 1.82) is 0 Å². The second-order valence-corrected chi connectivity index (χ2v) is 3.95. The Morgan fingerprint density at radius 3 is 2.63 bits per heavy atom. The summed E-state index contributed by atoms with van der Waals surface area (Å²) in [5.41, 5.74) is 7.40. The highest BCUT2D eigenvalue weighted by Gasteiger charge is 2.10. The minimum Gasteiger partial charge on any atom is -0.493 e. The van der Waals surface area contributed by atoms with Crippen LogP contribution in [-0.4, -0.2) is 17.1 Å². The van der Waals surface area contributed by atoms with Crippen LogP contribution >= 0.6 is 0 Å². The molecule has 2 N–H and O–H groups in total. The van der Waals surface area contributed by atoms with Crippen molar-refractivity contribution in [3.05, 3.63) is 41.9 Å². The van der Waals surface area contributed by atoms with E-state index in [1.807, 2.05) is 18.2 Å². The Balaban J connectivity index is 2.32. The molecule has 100 valence electrons. The molecule has 1 aromatic heterocycles. The molecule has 0 atom stereocenters. The molecule has 0 fully saturated rings. The number of methoxy groups -OCH3 is 1. The minimum absolute atomic E-state index is 0.276. The first-order valence-electron chi connectivity index (χ1n) is 6.13. The summed E-state index contributed by atoms with van der Waals surface area (Å²) in [5, 5.41) is 0. The summed E-state index contributed by atoms with van der Waals surface area (Å²) >= 11 is 0. The number of nitrogens with zero attached hydrogens (tertiary/aromatic N) is 2. The smallest absolute Gasteiger partial charge is 0.242 e. The second-order valence-electron chi connectivity index (χ2n) is 3.95. The van der Waals surface area contributed by atoms with E-state index < -0.39 is 0 Å². The summed E-state index contributed by atoms with van der Waals surface area (Å²) in [5.74, 6) is 1.69. The van der Waals surface area contributed by atoms with Crippen LogP contribution in [0, 0.1) is 0 Å². The van der Waals surface area contributed by atoms with E-state index in [4.69, 9.17) is 15.2 Å². The summed E-state index contributed by atoms with van der Waals surface area (Å²) in [6.07, 6.45) is 4.10. The first kappa shape index (κ1) is 13.3. The molecular formula is C14H17N3O2. The van der Waals surface area contributed by atoms with Gasteiger partial charge < -0.3 is 15.2 Å². The Labute approximate surface area is 112 Å². The van der Waals surface area contributed by atoms with Crippen molar-refractivity contribution >= 4 is 0 Å². The minimum atomic E-state index is 0.276. The van der Waals surface area contributed by atoms with Crippen LogP contribution < -0.4 is 15.2 Å². The van der Waals surface area contributed by atoms with E-state index in [0.29, 0.717) is 23.1 Å². The third-order valence-corrected chi connectivity index (χ3v) is 2.77. The number of hydrogen-bond acceptors (Lipinski definition) is 5. The van der Waals surface area contributed by atoms with Crippen LogP contribution in [0.5, 0.6) is 17.4 Å². The molecule has 2 rings (SSSR count). The van der Waals surface area contributed by atoms with Crippen molar-refractivity contribution in [1.82, 2.24) is 9.97 Å². The third-order valence-electron chi connectivity index (χ3n) is 2.77. The predicted octanol–water partition coefficient (Wildman–Crippen LogP) is 2.30. The summed E-state index contributed by atoms with van der Waals surface area (Å²) in [4.78, 5) is 8.27. The van der Waals surface area contributed by atoms with Crippen LogP contribution in [0.4, 0.5) is 0 Å². The standard InChI is InChI=1S/C14H17N3O2/c1-3-10-4-5-12(13(8-10)18-2)19-14-11(9-15)16-6-7-17-14/h4-8H,3,9,15H2,1-2H3. The predicted molar refractivity (Wildman–Crippen MR) is 72.4 cm³/mol. The van der Waals surface area contributed by atoms with E-state index in [9.17, 15) is 0 Å². The molecule has 0 bridgehead atoms. The average molecular weight is 259 g/mol. The Hall–Kier alpha value is -2.14. The van der Waals surface area contributed by atoms with Gasteiger partial charge in [0.1, 0.15) is 5.69 Å². The maximum absolute atomic E-state index is 5.74. The van der Waals surface area contributed by atoms with Crippen LogP contribution in [0.15, 0.2) is 30.6 Å². The van der Waals surface area contributed by atoms with Crippen molar-refractivity contribution in [2.24, 2.45) is 5.73 Å². The van der Waals surface area contributed by atoms with Gasteiger partial charge in [-0.3, -0.25) is 4.98 Å². The maximum Gasteiger partial charge on any atom is 0.242 e. The summed E-state index contributed by atoms with van der Waals surface area (Å²) in [7, 11) is 1.61. The van der Waals surface area contributed by atoms with Crippen molar-refractivity contribution in [3.8, 4) is 17.4 Å². The van der Waals surface area contributed by atoms with E-state index in [-0.39, 0.29) is 6.54 Å². The van der Waals surface area contributed by atoms with E-state index in [1.54, 1.807) is 19.5 Å². The normalized spacial score (nSPS) is 10.3. The molecule has 0 radical (unpaired) electrons. The van der Waals surface area contributed by atoms with Gasteiger partial charge in [-0.1, -0.05) is 13.0 Å². The van der Waals surface area contributed by atoms with Gasteiger partial charge >= 0.3 is 0 Å². The molecule has 19 heavy (non-hydrogen) atoms. The van der Waals surface area contributed by atoms with Crippen molar-refractivity contribution in [2.45, 2.75) is 19.9 Å². The summed E-state index contributed by atoms with van der Waals surface area (Å²) < 4.78 is 11.1. The van der Waals surface area contributed by atoms with E-state index in [1.165, 1.54) is 5.56 Å². The first-order valence-corrected chi connectivity index (χ1v) is 6.13. The molecule has 0 spiro atoms. The van der Waals surface area contributed by atoms with Crippen molar-refractivity contribution in [3.63, 3.8) is 0 Å². The number of hydrogen-bond donors (Lipinski definition) is 1. The van der Waals surface area contributed by atoms with Gasteiger partial charge in [-0.25, -0.2) is 4.98 Å². The lowest BCUT2D eigenvalue weighted by molar-refractivity contribution is 0.371. The molecule has 0 aliphatic heterocycles. The zero-order valence-electron chi connectivity index (χ0n) is 11.1. The van der Waals surface area contributed by atoms with Gasteiger partial charge in [-0.05, 0) is 24.1 Å². The molecule has 2 aromatic rings. The van der Waals surface area contributed by atoms with Gasteiger partial charge in [0.05, 0.1) is 7.11 Å². The highest BCUT2D eigenvalue weighted by Crippen LogP contribution is 2.32. The summed E-state index contributed by atoms with van der Waals surface area (Å²) in [6, 6.07) is 5.82. The second kappa shape index (κ2) is 6.15. The zero-order valence-corrected chi connectivity index (χ0v) is 11.1. The van der Waals surface area contributed by atoms with Crippen molar-refractivity contribution in [2.75, 3.05) is 7.11 Å². The molecule has 0 unspecified atom stereocenters. The van der Waals surface area contributed by atoms with Gasteiger partial charge in [0.15, 0.2) is 11.5 Å². The molecular weight excluding hydrogens is 242 g/mol. The van der Waals surface area contributed by atoms with Crippen LogP contribution in [0.1, 0.15) is 18.2 Å². The highest BCUT2D eigenvalue weighted by molar-refractivity contribution is 5.45. The topological polar surface area (TPSA) is 70.3 Å². The van der Waals surface area contributed by atoms with Crippen LogP contribution in [-0.2, 0) is 13.0 Å². The van der Waals surface area contributed by atoms with Gasteiger partial charge in [0.25, 0.3) is 0 Å². The molecule has 5 nitrogen and oxygen atoms in total. The number of rotatable bonds is 5. The molecule has 0 saturated heterocycles. The van der Waals surface area contributed by atoms with Gasteiger partial charge in [0.2, 0.25) is 5.88 Å². The number of benzene rings is 1. The monoisotopic (exact) mass is 259 g/mol. The molecule has 1 aromatic carbocycles. The quantitative estimate of drug-likeness (QED) is 0.892. The third kappa shape index (κ3) is 3.00. The number of nitrogens with two attached hydrogens (primary N) is 1. The largest absolute Gasteiger partial charge is 0.493 e. The molecule has 0 aliphatic carbocycles. The molecule has 5 heteroatoms. The molecule has 0 amide bonds. The highest BCUT2D eigenvalue weighted by atomic mass is 16.5. The van der Waals surface area contributed by atoms with Gasteiger partial charge in [-0.15, -0.1) is 0 Å². The van der Waals surface area contributed by atoms with E-state index >= 15 is 0 Å².